The fourth-order valence-electron chi connectivity index (χ4n) is 4.52. The average molecular weight is 417 g/mol. The van der Waals surface area contributed by atoms with Crippen LogP contribution in [-0.2, 0) is 24.7 Å². The summed E-state index contributed by atoms with van der Waals surface area (Å²) in [5.74, 6) is -5.43. The molecule has 2 saturated carbocycles. The van der Waals surface area contributed by atoms with Gasteiger partial charge < -0.3 is 5.32 Å². The van der Waals surface area contributed by atoms with E-state index in [2.05, 4.69) is 31.2 Å². The minimum Gasteiger partial charge on any atom is -0.311 e. The third kappa shape index (κ3) is 5.72. The van der Waals surface area contributed by atoms with Crippen molar-refractivity contribution in [3.63, 3.8) is 0 Å². The number of carbonyl (C=O) groups is 1. The van der Waals surface area contributed by atoms with Crippen molar-refractivity contribution in [2.24, 2.45) is 24.3 Å². The zero-order valence-electron chi connectivity index (χ0n) is 17.6. The van der Waals surface area contributed by atoms with Gasteiger partial charge in [0.2, 0.25) is 17.8 Å². The van der Waals surface area contributed by atoms with Gasteiger partial charge in [0.25, 0.3) is 0 Å². The molecule has 1 heterocycles. The minimum absolute atomic E-state index is 0.0555. The summed E-state index contributed by atoms with van der Waals surface area (Å²) >= 11 is 0. The van der Waals surface area contributed by atoms with Crippen LogP contribution in [0.3, 0.4) is 0 Å². The van der Waals surface area contributed by atoms with Crippen molar-refractivity contribution >= 4 is 11.7 Å². The second-order valence-electron chi connectivity index (χ2n) is 10.2. The van der Waals surface area contributed by atoms with E-state index >= 15 is 0 Å². The average Bonchev–Trinajstić information content (AvgIpc) is 2.97. The molecule has 0 saturated heterocycles. The van der Waals surface area contributed by atoms with Crippen LogP contribution in [-0.4, -0.2) is 27.5 Å². The number of aryl methyl sites for hydroxylation is 1. The molecule has 4 nitrogen and oxygen atoms in total. The number of alkyl halides is 4. The number of nitrogens with one attached hydrogen (secondary N) is 1. The normalized spacial score (nSPS) is 23.8. The van der Waals surface area contributed by atoms with Gasteiger partial charge in [0.15, 0.2) is 0 Å². The summed E-state index contributed by atoms with van der Waals surface area (Å²) in [6.07, 6.45) is 0.827. The van der Waals surface area contributed by atoms with E-state index in [1.165, 1.54) is 0 Å². The van der Waals surface area contributed by atoms with E-state index in [0.29, 0.717) is 25.1 Å². The highest BCUT2D eigenvalue weighted by atomic mass is 19.3. The van der Waals surface area contributed by atoms with Crippen molar-refractivity contribution < 1.29 is 22.4 Å². The van der Waals surface area contributed by atoms with Gasteiger partial charge in [-0.3, -0.25) is 9.48 Å². The van der Waals surface area contributed by atoms with E-state index in [0.717, 1.165) is 11.3 Å². The first-order valence-corrected chi connectivity index (χ1v) is 10.3. The molecule has 1 aromatic rings. The topological polar surface area (TPSA) is 46.9 Å². The molecular weight excluding hydrogens is 386 g/mol. The number of hydrogen-bond donors (Lipinski definition) is 1. The van der Waals surface area contributed by atoms with E-state index in [-0.39, 0.29) is 55.3 Å². The van der Waals surface area contributed by atoms with Crippen molar-refractivity contribution in [3.8, 4) is 0 Å². The Bertz CT molecular complexity index is 759. The molecule has 1 unspecified atom stereocenters. The highest BCUT2D eigenvalue weighted by molar-refractivity contribution is 5.91. The first-order chi connectivity index (χ1) is 13.2. The first kappa shape index (κ1) is 22.1. The Morgan fingerprint density at radius 2 is 1.76 bits per heavy atom. The van der Waals surface area contributed by atoms with Crippen LogP contribution < -0.4 is 5.32 Å². The summed E-state index contributed by atoms with van der Waals surface area (Å²) in [6, 6.07) is 0. The highest BCUT2D eigenvalue weighted by Gasteiger charge is 2.45. The molecule has 164 valence electrons. The predicted molar refractivity (Wildman–Crippen MR) is 103 cm³/mol. The van der Waals surface area contributed by atoms with Crippen LogP contribution in [0, 0.1) is 17.3 Å². The molecule has 8 heteroatoms. The maximum absolute atomic E-state index is 13.4. The van der Waals surface area contributed by atoms with Gasteiger partial charge in [-0.25, -0.2) is 17.6 Å². The zero-order chi connectivity index (χ0) is 21.6. The predicted octanol–water partition coefficient (Wildman–Crippen LogP) is 5.36. The summed E-state index contributed by atoms with van der Waals surface area (Å²) in [6.45, 7) is 6.19. The van der Waals surface area contributed by atoms with Gasteiger partial charge in [0.1, 0.15) is 5.82 Å². The molecule has 2 aliphatic rings. The number of rotatable bonds is 6. The first-order valence-electron chi connectivity index (χ1n) is 10.3. The molecule has 1 aromatic heterocycles. The third-order valence-electron chi connectivity index (χ3n) is 5.83. The molecule has 1 N–H and O–H groups in total. The Labute approximate surface area is 169 Å². The lowest BCUT2D eigenvalue weighted by Gasteiger charge is -2.34. The zero-order valence-corrected chi connectivity index (χ0v) is 17.6. The molecule has 2 fully saturated rings. The Hall–Kier alpha value is -1.60. The molecule has 0 aliphatic heterocycles. The molecule has 1 atom stereocenters. The van der Waals surface area contributed by atoms with Crippen LogP contribution in [0.4, 0.5) is 23.4 Å². The number of anilines is 1. The van der Waals surface area contributed by atoms with Crippen molar-refractivity contribution in [1.29, 1.82) is 0 Å². The third-order valence-corrected chi connectivity index (χ3v) is 5.83. The SMILES string of the molecule is Cn1nc(CC2CC(F)(F)C2)c(CC(C)(C)C)c1NC(=O)CC1CCC(F)(F)C1. The molecule has 3 rings (SSSR count). The van der Waals surface area contributed by atoms with E-state index in [1.54, 1.807) is 11.7 Å². The second-order valence-corrected chi connectivity index (χ2v) is 10.2. The molecule has 2 aliphatic carbocycles. The van der Waals surface area contributed by atoms with Crippen LogP contribution in [0.1, 0.15) is 70.6 Å². The van der Waals surface area contributed by atoms with Gasteiger partial charge in [-0.1, -0.05) is 20.8 Å². The van der Waals surface area contributed by atoms with E-state index in [9.17, 15) is 22.4 Å². The van der Waals surface area contributed by atoms with Crippen molar-refractivity contribution in [2.75, 3.05) is 5.32 Å². The summed E-state index contributed by atoms with van der Waals surface area (Å²) in [5.41, 5.74) is 1.51. The van der Waals surface area contributed by atoms with Crippen molar-refractivity contribution in [3.05, 3.63) is 11.3 Å². The molecule has 1 amide bonds. The molecular formula is C21H31F4N3O. The Balaban J connectivity index is 1.73. The molecule has 0 spiro atoms. The lowest BCUT2D eigenvalue weighted by molar-refractivity contribution is -0.117. The monoisotopic (exact) mass is 417 g/mol. The maximum atomic E-state index is 13.4. The van der Waals surface area contributed by atoms with Gasteiger partial charge in [0.05, 0.1) is 5.69 Å². The lowest BCUT2D eigenvalue weighted by Crippen LogP contribution is -2.36. The standard InChI is InChI=1S/C21H31F4N3O/c1-19(2,3)12-15-16(7-14-10-21(24,25)11-14)27-28(4)18(15)26-17(29)8-13-5-6-20(22,23)9-13/h13-14H,5-12H2,1-4H3,(H,26,29). The number of carbonyl (C=O) groups excluding carboxylic acids is 1. The fourth-order valence-corrected chi connectivity index (χ4v) is 4.52. The minimum atomic E-state index is -2.67. The largest absolute Gasteiger partial charge is 0.311 e. The maximum Gasteiger partial charge on any atom is 0.248 e. The summed E-state index contributed by atoms with van der Waals surface area (Å²) in [7, 11) is 1.71. The van der Waals surface area contributed by atoms with E-state index in [1.807, 2.05) is 0 Å². The second kappa shape index (κ2) is 7.58. The molecule has 29 heavy (non-hydrogen) atoms. The Morgan fingerprint density at radius 1 is 1.14 bits per heavy atom. The van der Waals surface area contributed by atoms with Crippen molar-refractivity contribution in [1.82, 2.24) is 9.78 Å². The van der Waals surface area contributed by atoms with Gasteiger partial charge in [-0.05, 0) is 36.5 Å². The Morgan fingerprint density at radius 3 is 2.28 bits per heavy atom. The van der Waals surface area contributed by atoms with Gasteiger partial charge in [0, 0.05) is 44.7 Å². The number of aromatic nitrogens is 2. The van der Waals surface area contributed by atoms with E-state index < -0.39 is 11.8 Å². The van der Waals surface area contributed by atoms with E-state index in [4.69, 9.17) is 0 Å². The van der Waals surface area contributed by atoms with Crippen LogP contribution in [0.5, 0.6) is 0 Å². The summed E-state index contributed by atoms with van der Waals surface area (Å²) in [5, 5.41) is 7.38. The molecule has 0 radical (unpaired) electrons. The number of nitrogens with zero attached hydrogens (tertiary/aromatic N) is 2. The van der Waals surface area contributed by atoms with Crippen LogP contribution in [0.25, 0.3) is 0 Å². The van der Waals surface area contributed by atoms with Crippen LogP contribution in [0.15, 0.2) is 0 Å². The van der Waals surface area contributed by atoms with Crippen LogP contribution >= 0.6 is 0 Å². The smallest absolute Gasteiger partial charge is 0.248 e. The molecule has 0 bridgehead atoms. The van der Waals surface area contributed by atoms with Gasteiger partial charge >= 0.3 is 0 Å². The molecule has 0 aromatic carbocycles. The lowest BCUT2D eigenvalue weighted by atomic mass is 9.77. The number of amides is 1. The summed E-state index contributed by atoms with van der Waals surface area (Å²) < 4.78 is 54.9. The number of halogens is 4. The quantitative estimate of drug-likeness (QED) is 0.634. The van der Waals surface area contributed by atoms with Gasteiger partial charge in [-0.2, -0.15) is 5.10 Å². The summed E-state index contributed by atoms with van der Waals surface area (Å²) in [4.78, 5) is 12.5. The highest BCUT2D eigenvalue weighted by Crippen LogP contribution is 2.45. The fraction of sp³-hybridized carbons (Fsp3) is 0.810. The number of hydrogen-bond acceptors (Lipinski definition) is 2. The van der Waals surface area contributed by atoms with Crippen LogP contribution in [0.2, 0.25) is 0 Å². The Kier molecular flexibility index (Phi) is 5.78. The van der Waals surface area contributed by atoms with Crippen molar-refractivity contribution in [2.45, 2.75) is 84.0 Å². The van der Waals surface area contributed by atoms with Gasteiger partial charge in [-0.15, -0.1) is 0 Å².